The van der Waals surface area contributed by atoms with Crippen LogP contribution < -0.4 is 0 Å². The topological polar surface area (TPSA) is 74.3 Å². The predicted molar refractivity (Wildman–Crippen MR) is 179 cm³/mol. The zero-order valence-corrected chi connectivity index (χ0v) is 28.4. The summed E-state index contributed by atoms with van der Waals surface area (Å²) in [6, 6.07) is 17.2. The molecule has 0 aromatic heterocycles. The largest absolute Gasteiger partial charge is 0.444 e. The van der Waals surface area contributed by atoms with Gasteiger partial charge in [0.05, 0.1) is 12.6 Å². The van der Waals surface area contributed by atoms with Gasteiger partial charge in [0.2, 0.25) is 0 Å². The van der Waals surface area contributed by atoms with Crippen molar-refractivity contribution in [2.45, 2.75) is 122 Å². The van der Waals surface area contributed by atoms with E-state index < -0.39 is 17.4 Å². The molecule has 3 rings (SSSR count). The molecule has 0 radical (unpaired) electrons. The molecule has 0 unspecified atom stereocenters. The summed E-state index contributed by atoms with van der Waals surface area (Å²) in [5, 5.41) is 0. The van der Waals surface area contributed by atoms with Gasteiger partial charge in [0.25, 0.3) is 0 Å². The van der Waals surface area contributed by atoms with Gasteiger partial charge in [-0.15, -0.1) is 0 Å². The van der Waals surface area contributed by atoms with Crippen LogP contribution in [-0.2, 0) is 25.4 Å². The number of hydrogen-bond donors (Lipinski definition) is 0. The Hall–Kier alpha value is -3.00. The first-order valence-corrected chi connectivity index (χ1v) is 16.6. The lowest BCUT2D eigenvalue weighted by atomic mass is 9.99. The zero-order valence-electron chi connectivity index (χ0n) is 28.4. The summed E-state index contributed by atoms with van der Waals surface area (Å²) in [6.45, 7) is 9.85. The molecule has 248 valence electrons. The Morgan fingerprint density at radius 1 is 0.911 bits per heavy atom. The predicted octanol–water partition coefficient (Wildman–Crippen LogP) is 8.89. The van der Waals surface area contributed by atoms with Crippen molar-refractivity contribution in [1.29, 1.82) is 0 Å². The quantitative estimate of drug-likeness (QED) is 0.0716. The molecule has 1 amide bonds. The van der Waals surface area contributed by atoms with Crippen LogP contribution in [0, 0.1) is 0 Å². The maximum atomic E-state index is 13.1. The molecule has 2 atom stereocenters. The Morgan fingerprint density at radius 3 is 2.13 bits per heavy atom. The molecule has 2 aromatic carbocycles. The van der Waals surface area contributed by atoms with E-state index in [1.807, 2.05) is 83.2 Å². The first-order chi connectivity index (χ1) is 21.5. The second-order valence-corrected chi connectivity index (χ2v) is 13.4. The Kier molecular flexibility index (Phi) is 14.8. The number of unbranched alkanes of at least 4 members (excludes halogenated alkanes) is 8. The Morgan fingerprint density at radius 2 is 1.51 bits per heavy atom. The van der Waals surface area contributed by atoms with Crippen molar-refractivity contribution in [3.05, 3.63) is 83.4 Å². The van der Waals surface area contributed by atoms with Crippen molar-refractivity contribution in [1.82, 2.24) is 4.90 Å². The van der Waals surface area contributed by atoms with Crippen molar-refractivity contribution in [3.8, 4) is 0 Å². The van der Waals surface area contributed by atoms with Crippen LogP contribution in [0.1, 0.15) is 114 Å². The molecule has 45 heavy (non-hydrogen) atoms. The summed E-state index contributed by atoms with van der Waals surface area (Å²) in [7, 11) is 1.59. The van der Waals surface area contributed by atoms with Crippen LogP contribution in [0.4, 0.5) is 4.79 Å². The summed E-state index contributed by atoms with van der Waals surface area (Å²) in [5.74, 6) is 0.0772. The number of methoxy groups -OCH3 is 1. The highest BCUT2D eigenvalue weighted by Gasteiger charge is 2.48. The van der Waals surface area contributed by atoms with Crippen LogP contribution in [0.25, 0.3) is 0 Å². The molecule has 7 heteroatoms. The molecule has 0 saturated carbocycles. The van der Waals surface area contributed by atoms with E-state index in [1.165, 1.54) is 50.5 Å². The molecule has 1 heterocycles. The number of carbonyl (C=O) groups is 2. The van der Waals surface area contributed by atoms with Gasteiger partial charge in [0.15, 0.2) is 5.78 Å². The van der Waals surface area contributed by atoms with Crippen LogP contribution in [0.2, 0.25) is 0 Å². The van der Waals surface area contributed by atoms with E-state index in [2.05, 4.69) is 18.2 Å². The zero-order chi connectivity index (χ0) is 32.7. The molecule has 0 spiro atoms. The van der Waals surface area contributed by atoms with E-state index >= 15 is 0 Å². The molecular formula is C38H55NO6. The summed E-state index contributed by atoms with van der Waals surface area (Å²) < 4.78 is 22.8. The molecule has 0 N–H and O–H groups in total. The average Bonchev–Trinajstić information content (AvgIpc) is 3.33. The number of ketones is 1. The minimum Gasteiger partial charge on any atom is -0.444 e. The molecule has 1 aliphatic heterocycles. The third-order valence-corrected chi connectivity index (χ3v) is 8.03. The van der Waals surface area contributed by atoms with E-state index in [0.717, 1.165) is 30.4 Å². The highest BCUT2D eigenvalue weighted by atomic mass is 16.7. The molecule has 1 fully saturated rings. The molecule has 1 saturated heterocycles. The number of ether oxygens (including phenoxy) is 4. The number of allylic oxidation sites excluding steroid dienone is 1. The molecule has 0 aliphatic carbocycles. The lowest BCUT2D eigenvalue weighted by Crippen LogP contribution is -2.53. The van der Waals surface area contributed by atoms with Gasteiger partial charge in [-0.2, -0.15) is 0 Å². The summed E-state index contributed by atoms with van der Waals surface area (Å²) in [6.07, 6.45) is 15.2. The average molecular weight is 622 g/mol. The Labute approximate surface area is 271 Å². The van der Waals surface area contributed by atoms with Crippen molar-refractivity contribution in [2.24, 2.45) is 0 Å². The molecule has 2 aromatic rings. The van der Waals surface area contributed by atoms with Gasteiger partial charge in [0.1, 0.15) is 24.2 Å². The van der Waals surface area contributed by atoms with Gasteiger partial charge in [-0.05, 0) is 65.9 Å². The minimum absolute atomic E-state index is 0.0772. The number of rotatable bonds is 18. The number of carbonyl (C=O) groups excluding carboxylic acids is 2. The van der Waals surface area contributed by atoms with Crippen LogP contribution >= 0.6 is 0 Å². The number of amides is 1. The van der Waals surface area contributed by atoms with Crippen LogP contribution in [0.5, 0.6) is 0 Å². The van der Waals surface area contributed by atoms with E-state index in [-0.39, 0.29) is 24.7 Å². The fourth-order valence-corrected chi connectivity index (χ4v) is 5.64. The van der Waals surface area contributed by atoms with E-state index in [4.69, 9.17) is 18.9 Å². The van der Waals surface area contributed by atoms with Gasteiger partial charge in [-0.1, -0.05) is 105 Å². The minimum atomic E-state index is -0.786. The third-order valence-electron chi connectivity index (χ3n) is 8.03. The van der Waals surface area contributed by atoms with Crippen LogP contribution in [0.15, 0.2) is 66.7 Å². The lowest BCUT2D eigenvalue weighted by molar-refractivity contribution is -0.0904. The lowest BCUT2D eigenvalue weighted by Gasteiger charge is -2.36. The maximum absolute atomic E-state index is 13.1. The SMILES string of the molecule is COCO[C@H](/C=C/CCCCCCCCCCc1ccc(C(=O)c2ccccc2)cc1)[C@@H]1COC(C)(C)N1C(=O)OC(C)(C)C. The van der Waals surface area contributed by atoms with Crippen molar-refractivity contribution >= 4 is 11.9 Å². The van der Waals surface area contributed by atoms with Gasteiger partial charge in [-0.3, -0.25) is 9.69 Å². The van der Waals surface area contributed by atoms with Crippen molar-refractivity contribution < 1.29 is 28.5 Å². The van der Waals surface area contributed by atoms with Crippen LogP contribution in [0.3, 0.4) is 0 Å². The third kappa shape index (κ3) is 12.4. The molecular weight excluding hydrogens is 566 g/mol. The first-order valence-electron chi connectivity index (χ1n) is 16.6. The standard InChI is InChI=1S/C38H55NO6/c1-37(2,3)45-36(41)39-33(28-44-38(39,4)5)34(43-29-42-6)23-19-14-12-10-8-7-9-11-13-16-20-30-24-26-32(27-25-30)35(40)31-21-17-15-18-22-31/h15,17-19,21-27,33-34H,7-14,16,20,28-29H2,1-6H3/b23-19+/t33-,34+/m0/s1. The van der Waals surface area contributed by atoms with Gasteiger partial charge >= 0.3 is 6.09 Å². The summed E-state index contributed by atoms with van der Waals surface area (Å²) >= 11 is 0. The number of benzene rings is 2. The normalized spacial score (nSPS) is 17.1. The Balaban J connectivity index is 1.30. The molecule has 0 bridgehead atoms. The maximum Gasteiger partial charge on any atom is 0.413 e. The van der Waals surface area contributed by atoms with Gasteiger partial charge < -0.3 is 18.9 Å². The Bertz CT molecular complexity index is 1180. The smallest absolute Gasteiger partial charge is 0.413 e. The fourth-order valence-electron chi connectivity index (χ4n) is 5.64. The van der Waals surface area contributed by atoms with E-state index in [9.17, 15) is 9.59 Å². The van der Waals surface area contributed by atoms with Crippen molar-refractivity contribution in [2.75, 3.05) is 20.5 Å². The summed E-state index contributed by atoms with van der Waals surface area (Å²) in [5.41, 5.74) is 1.39. The van der Waals surface area contributed by atoms with E-state index in [0.29, 0.717) is 6.61 Å². The highest BCUT2D eigenvalue weighted by Crippen LogP contribution is 2.32. The first kappa shape index (κ1) is 36.5. The molecule has 7 nitrogen and oxygen atoms in total. The van der Waals surface area contributed by atoms with Gasteiger partial charge in [-0.25, -0.2) is 4.79 Å². The second kappa shape index (κ2) is 18.2. The fraction of sp³-hybridized carbons (Fsp3) is 0.579. The second-order valence-electron chi connectivity index (χ2n) is 13.4. The number of hydrogen-bond acceptors (Lipinski definition) is 6. The number of aryl methyl sites for hydroxylation is 1. The number of nitrogens with zero attached hydrogens (tertiary/aromatic N) is 1. The van der Waals surface area contributed by atoms with Crippen LogP contribution in [-0.4, -0.2) is 60.8 Å². The monoisotopic (exact) mass is 621 g/mol. The highest BCUT2D eigenvalue weighted by molar-refractivity contribution is 6.08. The van der Waals surface area contributed by atoms with Crippen molar-refractivity contribution in [3.63, 3.8) is 0 Å². The molecule has 1 aliphatic rings. The summed E-state index contributed by atoms with van der Waals surface area (Å²) in [4.78, 5) is 27.3. The van der Waals surface area contributed by atoms with Gasteiger partial charge in [0, 0.05) is 18.2 Å². The van der Waals surface area contributed by atoms with E-state index in [1.54, 1.807) is 12.0 Å².